The molecule has 1 unspecified atom stereocenters. The van der Waals surface area contributed by atoms with Crippen LogP contribution in [0.4, 0.5) is 0 Å². The minimum atomic E-state index is -0.760. The summed E-state index contributed by atoms with van der Waals surface area (Å²) in [7, 11) is 0. The predicted octanol–water partition coefficient (Wildman–Crippen LogP) is 1.65. The summed E-state index contributed by atoms with van der Waals surface area (Å²) in [5, 5.41) is 13.0. The van der Waals surface area contributed by atoms with Gasteiger partial charge in [0.25, 0.3) is 5.91 Å². The zero-order valence-electron chi connectivity index (χ0n) is 9.72. The zero-order valence-corrected chi connectivity index (χ0v) is 9.72. The molecule has 4 nitrogen and oxygen atoms in total. The quantitative estimate of drug-likeness (QED) is 0.843. The smallest absolute Gasteiger partial charge is 0.251 e. The lowest BCUT2D eigenvalue weighted by Gasteiger charge is -2.18. The van der Waals surface area contributed by atoms with E-state index < -0.39 is 6.10 Å². The first-order valence-electron chi connectivity index (χ1n) is 5.87. The van der Waals surface area contributed by atoms with Crippen LogP contribution in [0.3, 0.4) is 0 Å². The molecule has 1 aliphatic rings. The molecule has 0 bridgehead atoms. The molecule has 0 saturated heterocycles. The molecule has 1 amide bonds. The fourth-order valence-electron chi connectivity index (χ4n) is 2.22. The number of nitrogens with one attached hydrogen (secondary N) is 1. The highest BCUT2D eigenvalue weighted by atomic mass is 16.3. The summed E-state index contributed by atoms with van der Waals surface area (Å²) in [6.07, 6.45) is 3.10. The molecular formula is C14H13NO3. The van der Waals surface area contributed by atoms with E-state index in [0.717, 1.165) is 12.0 Å². The third kappa shape index (κ3) is 1.80. The number of rotatable bonds is 2. The lowest BCUT2D eigenvalue weighted by atomic mass is 9.94. The van der Waals surface area contributed by atoms with Gasteiger partial charge in [-0.3, -0.25) is 4.79 Å². The molecule has 0 fully saturated rings. The molecule has 0 saturated carbocycles. The Morgan fingerprint density at radius 1 is 1.28 bits per heavy atom. The Morgan fingerprint density at radius 3 is 2.94 bits per heavy atom. The van der Waals surface area contributed by atoms with Crippen LogP contribution in [0, 0.1) is 0 Å². The topological polar surface area (TPSA) is 62.5 Å². The average Bonchev–Trinajstić information content (AvgIpc) is 2.92. The van der Waals surface area contributed by atoms with Crippen molar-refractivity contribution in [3.8, 4) is 0 Å². The monoisotopic (exact) mass is 243 g/mol. The largest absolute Gasteiger partial charge is 0.472 e. The second-order valence-electron chi connectivity index (χ2n) is 4.38. The molecule has 18 heavy (non-hydrogen) atoms. The zero-order chi connectivity index (χ0) is 12.5. The number of amides is 1. The number of hydrogen-bond acceptors (Lipinski definition) is 3. The van der Waals surface area contributed by atoms with Gasteiger partial charge in [0.05, 0.1) is 12.5 Å². The highest BCUT2D eigenvalue weighted by molar-refractivity contribution is 5.96. The highest BCUT2D eigenvalue weighted by Crippen LogP contribution is 2.25. The number of aliphatic hydroxyl groups is 1. The Morgan fingerprint density at radius 2 is 2.17 bits per heavy atom. The van der Waals surface area contributed by atoms with E-state index in [2.05, 4.69) is 5.32 Å². The number of hydrogen-bond donors (Lipinski definition) is 2. The number of carbonyl (C=O) groups excluding carboxylic acids is 1. The molecule has 1 aromatic carbocycles. The van der Waals surface area contributed by atoms with Gasteiger partial charge >= 0.3 is 0 Å². The maximum Gasteiger partial charge on any atom is 0.251 e. The molecule has 0 aliphatic carbocycles. The van der Waals surface area contributed by atoms with E-state index in [9.17, 15) is 9.90 Å². The van der Waals surface area contributed by atoms with Crippen LogP contribution in [0.5, 0.6) is 0 Å². The number of aliphatic hydroxyl groups excluding tert-OH is 1. The van der Waals surface area contributed by atoms with Gasteiger partial charge in [-0.05, 0) is 29.7 Å². The van der Waals surface area contributed by atoms with Crippen LogP contribution in [-0.4, -0.2) is 17.6 Å². The Labute approximate surface area is 104 Å². The minimum Gasteiger partial charge on any atom is -0.472 e. The molecule has 92 valence electrons. The van der Waals surface area contributed by atoms with Crippen molar-refractivity contribution in [3.05, 3.63) is 59.0 Å². The van der Waals surface area contributed by atoms with Gasteiger partial charge in [0.1, 0.15) is 6.10 Å². The predicted molar refractivity (Wildman–Crippen MR) is 65.2 cm³/mol. The van der Waals surface area contributed by atoms with Gasteiger partial charge in [-0.15, -0.1) is 0 Å². The summed E-state index contributed by atoms with van der Waals surface area (Å²) in [4.78, 5) is 11.7. The molecule has 1 aliphatic heterocycles. The van der Waals surface area contributed by atoms with Gasteiger partial charge in [-0.1, -0.05) is 12.1 Å². The summed E-state index contributed by atoms with van der Waals surface area (Å²) >= 11 is 0. The maximum atomic E-state index is 11.7. The van der Waals surface area contributed by atoms with Crippen molar-refractivity contribution in [2.24, 2.45) is 0 Å². The Kier molecular flexibility index (Phi) is 2.64. The first-order chi connectivity index (χ1) is 8.75. The standard InChI is InChI=1S/C14H13NO3/c16-13(11-4-6-18-8-11)10-2-1-9-3-5-15-14(17)12(9)7-10/h1-2,4,6-8,13,16H,3,5H2,(H,15,17). The lowest BCUT2D eigenvalue weighted by Crippen LogP contribution is -2.31. The summed E-state index contributed by atoms with van der Waals surface area (Å²) in [5.74, 6) is -0.0718. The first-order valence-corrected chi connectivity index (χ1v) is 5.87. The van der Waals surface area contributed by atoms with Crippen molar-refractivity contribution in [2.75, 3.05) is 6.54 Å². The van der Waals surface area contributed by atoms with Gasteiger partial charge in [0, 0.05) is 17.7 Å². The van der Waals surface area contributed by atoms with Crippen LogP contribution in [0.2, 0.25) is 0 Å². The second-order valence-corrected chi connectivity index (χ2v) is 4.38. The SMILES string of the molecule is O=C1NCCc2ccc(C(O)c3ccoc3)cc21. The van der Waals surface area contributed by atoms with Gasteiger partial charge in [-0.2, -0.15) is 0 Å². The van der Waals surface area contributed by atoms with E-state index in [1.54, 1.807) is 12.1 Å². The maximum absolute atomic E-state index is 11.7. The Balaban J connectivity index is 1.99. The molecule has 2 heterocycles. The van der Waals surface area contributed by atoms with Crippen LogP contribution in [0.1, 0.15) is 33.2 Å². The van der Waals surface area contributed by atoms with E-state index in [1.165, 1.54) is 12.5 Å². The summed E-state index contributed by atoms with van der Waals surface area (Å²) in [6.45, 7) is 0.676. The Bertz CT molecular complexity index is 575. The van der Waals surface area contributed by atoms with Crippen LogP contribution in [0.15, 0.2) is 41.2 Å². The molecule has 0 spiro atoms. The third-order valence-corrected chi connectivity index (χ3v) is 3.23. The lowest BCUT2D eigenvalue weighted by molar-refractivity contribution is 0.0945. The molecule has 1 atom stereocenters. The van der Waals surface area contributed by atoms with Gasteiger partial charge in [0.15, 0.2) is 0 Å². The van der Waals surface area contributed by atoms with Crippen molar-refractivity contribution in [2.45, 2.75) is 12.5 Å². The molecule has 0 radical (unpaired) electrons. The van der Waals surface area contributed by atoms with Gasteiger partial charge in [0.2, 0.25) is 0 Å². The van der Waals surface area contributed by atoms with Crippen molar-refractivity contribution in [3.63, 3.8) is 0 Å². The van der Waals surface area contributed by atoms with Crippen LogP contribution in [-0.2, 0) is 6.42 Å². The molecule has 3 rings (SSSR count). The molecule has 4 heteroatoms. The van der Waals surface area contributed by atoms with Crippen molar-refractivity contribution >= 4 is 5.91 Å². The van der Waals surface area contributed by atoms with Crippen molar-refractivity contribution in [1.82, 2.24) is 5.32 Å². The van der Waals surface area contributed by atoms with E-state index in [-0.39, 0.29) is 5.91 Å². The van der Waals surface area contributed by atoms with Gasteiger partial charge < -0.3 is 14.8 Å². The van der Waals surface area contributed by atoms with E-state index in [1.807, 2.05) is 12.1 Å². The average molecular weight is 243 g/mol. The van der Waals surface area contributed by atoms with Crippen LogP contribution >= 0.6 is 0 Å². The fraction of sp³-hybridized carbons (Fsp3) is 0.214. The molecule has 1 aromatic heterocycles. The molecule has 2 aromatic rings. The molecular weight excluding hydrogens is 230 g/mol. The highest BCUT2D eigenvalue weighted by Gasteiger charge is 2.19. The first kappa shape index (κ1) is 11.0. The normalized spacial score (nSPS) is 15.9. The van der Waals surface area contributed by atoms with Gasteiger partial charge in [-0.25, -0.2) is 0 Å². The second kappa shape index (κ2) is 4.31. The number of carbonyl (C=O) groups is 1. The van der Waals surface area contributed by atoms with Crippen LogP contribution in [0.25, 0.3) is 0 Å². The molecule has 2 N–H and O–H groups in total. The third-order valence-electron chi connectivity index (χ3n) is 3.23. The van der Waals surface area contributed by atoms with E-state index >= 15 is 0 Å². The van der Waals surface area contributed by atoms with Crippen molar-refractivity contribution in [1.29, 1.82) is 0 Å². The van der Waals surface area contributed by atoms with E-state index in [0.29, 0.717) is 23.2 Å². The number of fused-ring (bicyclic) bond motifs is 1. The number of furan rings is 1. The van der Waals surface area contributed by atoms with E-state index in [4.69, 9.17) is 4.42 Å². The fourth-order valence-corrected chi connectivity index (χ4v) is 2.22. The number of benzene rings is 1. The minimum absolute atomic E-state index is 0.0718. The summed E-state index contributed by atoms with van der Waals surface area (Å²) in [5.41, 5.74) is 3.07. The summed E-state index contributed by atoms with van der Waals surface area (Å²) < 4.78 is 4.95. The van der Waals surface area contributed by atoms with Crippen LogP contribution < -0.4 is 5.32 Å². The van der Waals surface area contributed by atoms with Crippen molar-refractivity contribution < 1.29 is 14.3 Å². The summed E-state index contributed by atoms with van der Waals surface area (Å²) in [6, 6.07) is 7.23. The Hall–Kier alpha value is -2.07.